The summed E-state index contributed by atoms with van der Waals surface area (Å²) in [6, 6.07) is 4.58. The van der Waals surface area contributed by atoms with E-state index in [0.717, 1.165) is 0 Å². The van der Waals surface area contributed by atoms with Gasteiger partial charge >= 0.3 is 11.9 Å². The Labute approximate surface area is 190 Å². The maximum atomic E-state index is 13.7. The highest BCUT2D eigenvalue weighted by Crippen LogP contribution is 2.66. The number of benzene rings is 1. The Balaban J connectivity index is 1.65. The van der Waals surface area contributed by atoms with Crippen LogP contribution in [0.4, 0.5) is 0 Å². The van der Waals surface area contributed by atoms with Crippen molar-refractivity contribution in [2.45, 2.75) is 77.8 Å². The Bertz CT molecular complexity index is 1270. The third-order valence-electron chi connectivity index (χ3n) is 8.32. The van der Waals surface area contributed by atoms with Crippen LogP contribution in [-0.4, -0.2) is 34.4 Å². The maximum absolute atomic E-state index is 13.7. The number of hydrogen-bond donors (Lipinski definition) is 1. The molecule has 8 heteroatoms. The largest absolute Gasteiger partial charge is 0.484 e. The van der Waals surface area contributed by atoms with Crippen molar-refractivity contribution >= 4 is 22.9 Å². The van der Waals surface area contributed by atoms with Crippen LogP contribution in [0.25, 0.3) is 11.0 Å². The summed E-state index contributed by atoms with van der Waals surface area (Å²) in [7, 11) is 0. The molecule has 2 bridgehead atoms. The molecule has 5 rings (SSSR count). The van der Waals surface area contributed by atoms with Gasteiger partial charge in [-0.15, -0.1) is 0 Å². The lowest BCUT2D eigenvalue weighted by Crippen LogP contribution is -2.53. The van der Waals surface area contributed by atoms with Gasteiger partial charge in [-0.3, -0.25) is 9.59 Å². The molecule has 1 aromatic heterocycles. The minimum atomic E-state index is -1.46. The summed E-state index contributed by atoms with van der Waals surface area (Å²) >= 11 is 0. The van der Waals surface area contributed by atoms with E-state index in [1.807, 2.05) is 20.8 Å². The van der Waals surface area contributed by atoms with Crippen LogP contribution in [0.15, 0.2) is 27.4 Å². The fourth-order valence-corrected chi connectivity index (χ4v) is 5.60. The molecule has 0 unspecified atom stereocenters. The quantitative estimate of drug-likeness (QED) is 0.685. The summed E-state index contributed by atoms with van der Waals surface area (Å²) in [4.78, 5) is 38.9. The summed E-state index contributed by atoms with van der Waals surface area (Å²) in [6.07, 6.45) is -1.63. The molecule has 1 N–H and O–H groups in total. The zero-order valence-electron chi connectivity index (χ0n) is 19.6. The number of carbonyl (C=O) groups is 2. The lowest BCUT2D eigenvalue weighted by atomic mass is 9.66. The molecule has 2 fully saturated rings. The molecule has 3 aliphatic rings. The third kappa shape index (κ3) is 2.58. The molecule has 0 spiro atoms. The van der Waals surface area contributed by atoms with Crippen molar-refractivity contribution in [1.82, 2.24) is 0 Å². The first-order valence-electron chi connectivity index (χ1n) is 11.1. The van der Waals surface area contributed by atoms with E-state index in [9.17, 15) is 19.5 Å². The molecule has 2 aliphatic heterocycles. The second-order valence-electron chi connectivity index (χ2n) is 10.7. The summed E-state index contributed by atoms with van der Waals surface area (Å²) in [5, 5.41) is 11.5. The summed E-state index contributed by atoms with van der Waals surface area (Å²) in [5.74, 6) is -0.417. The first-order chi connectivity index (χ1) is 15.2. The monoisotopic (exact) mass is 456 g/mol. The SMILES string of the molecule is Cc1cc(=O)c2ccc3c(c2o1)[C@@H](OC(=O)[C@@]12CC[C@@](C)(C(=O)O1)C2(C)C)[C@@H](O)C(C)(C)O3. The maximum Gasteiger partial charge on any atom is 0.351 e. The number of esters is 2. The molecule has 176 valence electrons. The van der Waals surface area contributed by atoms with Gasteiger partial charge in [0.25, 0.3) is 0 Å². The minimum Gasteiger partial charge on any atom is -0.484 e. The minimum absolute atomic E-state index is 0.196. The normalized spacial score (nSPS) is 33.4. The Hall–Kier alpha value is -2.87. The third-order valence-corrected chi connectivity index (χ3v) is 8.32. The highest BCUT2D eigenvalue weighted by Gasteiger charge is 2.76. The predicted octanol–water partition coefficient (Wildman–Crippen LogP) is 3.34. The van der Waals surface area contributed by atoms with E-state index in [4.69, 9.17) is 18.6 Å². The van der Waals surface area contributed by atoms with Crippen molar-refractivity contribution in [3.8, 4) is 5.75 Å². The zero-order valence-corrected chi connectivity index (χ0v) is 19.6. The van der Waals surface area contributed by atoms with Gasteiger partial charge in [0.05, 0.1) is 16.4 Å². The van der Waals surface area contributed by atoms with Crippen LogP contribution in [0.2, 0.25) is 0 Å². The number of ether oxygens (including phenoxy) is 3. The second-order valence-corrected chi connectivity index (χ2v) is 10.7. The molecule has 1 saturated heterocycles. The standard InChI is InChI=1S/C25H28O8/c1-12-11-14(26)13-7-8-15-16(17(13)30-12)18(19(27)22(2,3)32-15)31-21(29)25-10-9-24(6,20(28)33-25)23(25,4)5/h7-8,11,18-19,27H,9-10H2,1-6H3/t18-,19-,24+,25-/m1/s1. The van der Waals surface area contributed by atoms with Gasteiger partial charge in [-0.25, -0.2) is 4.79 Å². The molecule has 1 aromatic carbocycles. The fourth-order valence-electron chi connectivity index (χ4n) is 5.60. The van der Waals surface area contributed by atoms with Crippen LogP contribution in [0.5, 0.6) is 5.75 Å². The van der Waals surface area contributed by atoms with Gasteiger partial charge in [0, 0.05) is 11.5 Å². The molecule has 33 heavy (non-hydrogen) atoms. The summed E-state index contributed by atoms with van der Waals surface area (Å²) in [6.45, 7) is 10.5. The van der Waals surface area contributed by atoms with Crippen LogP contribution in [-0.2, 0) is 19.1 Å². The number of aryl methyl sites for hydroxylation is 1. The van der Waals surface area contributed by atoms with Gasteiger partial charge in [-0.1, -0.05) is 13.8 Å². The number of aliphatic hydroxyl groups is 1. The number of rotatable bonds is 2. The van der Waals surface area contributed by atoms with E-state index in [0.29, 0.717) is 24.4 Å². The van der Waals surface area contributed by atoms with Crippen molar-refractivity contribution < 1.29 is 33.3 Å². The summed E-state index contributed by atoms with van der Waals surface area (Å²) < 4.78 is 23.5. The highest BCUT2D eigenvalue weighted by molar-refractivity contribution is 5.94. The van der Waals surface area contributed by atoms with Crippen LogP contribution >= 0.6 is 0 Å². The van der Waals surface area contributed by atoms with Gasteiger partial charge in [0.2, 0.25) is 5.60 Å². The van der Waals surface area contributed by atoms with E-state index in [2.05, 4.69) is 0 Å². The second kappa shape index (κ2) is 6.38. The molecule has 3 heterocycles. The fraction of sp³-hybridized carbons (Fsp3) is 0.560. The lowest BCUT2D eigenvalue weighted by Gasteiger charge is -2.43. The smallest absolute Gasteiger partial charge is 0.351 e. The molecular formula is C25H28O8. The first-order valence-corrected chi connectivity index (χ1v) is 11.1. The lowest BCUT2D eigenvalue weighted by molar-refractivity contribution is -0.199. The average Bonchev–Trinajstić information content (AvgIpc) is 3.01. The summed E-state index contributed by atoms with van der Waals surface area (Å²) in [5.41, 5.74) is -3.92. The Morgan fingerprint density at radius 3 is 2.39 bits per heavy atom. The van der Waals surface area contributed by atoms with Gasteiger partial charge in [0.15, 0.2) is 11.5 Å². The molecule has 4 atom stereocenters. The number of aliphatic hydroxyl groups excluding tert-OH is 1. The molecule has 1 saturated carbocycles. The van der Waals surface area contributed by atoms with E-state index in [1.54, 1.807) is 32.9 Å². The highest BCUT2D eigenvalue weighted by atomic mass is 16.6. The molecule has 2 aromatic rings. The van der Waals surface area contributed by atoms with Crippen LogP contribution in [0, 0.1) is 17.8 Å². The van der Waals surface area contributed by atoms with Gasteiger partial charge in [-0.05, 0) is 52.7 Å². The number of hydrogen-bond acceptors (Lipinski definition) is 8. The van der Waals surface area contributed by atoms with Crippen LogP contribution in [0.1, 0.15) is 64.9 Å². The van der Waals surface area contributed by atoms with Gasteiger partial charge < -0.3 is 23.7 Å². The molecule has 0 amide bonds. The van der Waals surface area contributed by atoms with Gasteiger partial charge in [-0.2, -0.15) is 0 Å². The molecule has 1 aliphatic carbocycles. The van der Waals surface area contributed by atoms with E-state index in [-0.39, 0.29) is 22.0 Å². The Kier molecular flexibility index (Phi) is 4.24. The Morgan fingerprint density at radius 1 is 1.09 bits per heavy atom. The Morgan fingerprint density at radius 2 is 1.79 bits per heavy atom. The van der Waals surface area contributed by atoms with E-state index >= 15 is 0 Å². The van der Waals surface area contributed by atoms with E-state index in [1.165, 1.54) is 6.07 Å². The molecular weight excluding hydrogens is 428 g/mol. The van der Waals surface area contributed by atoms with Crippen molar-refractivity contribution in [2.75, 3.05) is 0 Å². The van der Waals surface area contributed by atoms with Crippen molar-refractivity contribution in [3.63, 3.8) is 0 Å². The zero-order chi connectivity index (χ0) is 24.1. The van der Waals surface area contributed by atoms with Crippen LogP contribution < -0.4 is 10.2 Å². The van der Waals surface area contributed by atoms with Crippen molar-refractivity contribution in [1.29, 1.82) is 0 Å². The van der Waals surface area contributed by atoms with Crippen molar-refractivity contribution in [2.24, 2.45) is 10.8 Å². The predicted molar refractivity (Wildman–Crippen MR) is 117 cm³/mol. The van der Waals surface area contributed by atoms with Crippen molar-refractivity contribution in [3.05, 3.63) is 39.7 Å². The van der Waals surface area contributed by atoms with Gasteiger partial charge in [0.1, 0.15) is 28.8 Å². The molecule has 8 nitrogen and oxygen atoms in total. The number of carbonyl (C=O) groups excluding carboxylic acids is 2. The average molecular weight is 456 g/mol. The number of fused-ring (bicyclic) bond motifs is 5. The topological polar surface area (TPSA) is 112 Å². The first kappa shape index (κ1) is 21.9. The van der Waals surface area contributed by atoms with E-state index < -0.39 is 46.2 Å². The van der Waals surface area contributed by atoms with Crippen LogP contribution in [0.3, 0.4) is 0 Å². The molecule has 0 radical (unpaired) electrons.